The highest BCUT2D eigenvalue weighted by Crippen LogP contribution is 2.34. The van der Waals surface area contributed by atoms with Crippen LogP contribution in [0.4, 0.5) is 5.82 Å². The van der Waals surface area contributed by atoms with E-state index in [-0.39, 0.29) is 0 Å². The zero-order valence-electron chi connectivity index (χ0n) is 13.6. The second-order valence-electron chi connectivity index (χ2n) is 5.57. The summed E-state index contributed by atoms with van der Waals surface area (Å²) < 4.78 is 3.59. The first-order chi connectivity index (χ1) is 12.2. The molecule has 0 atom stereocenters. The minimum atomic E-state index is 0.425. The molecule has 0 saturated heterocycles. The predicted molar refractivity (Wildman–Crippen MR) is 94.4 cm³/mol. The Balaban J connectivity index is 2.07. The van der Waals surface area contributed by atoms with Crippen LogP contribution in [0.2, 0.25) is 0 Å². The third kappa shape index (κ3) is 2.40. The largest absolute Gasteiger partial charge is 0.384 e. The number of nitrogens with two attached hydrogens (primary N) is 1. The van der Waals surface area contributed by atoms with E-state index in [0.717, 1.165) is 29.1 Å². The number of anilines is 1. The maximum absolute atomic E-state index is 9.20. The Bertz CT molecular complexity index is 1110. The van der Waals surface area contributed by atoms with Gasteiger partial charge in [0.25, 0.3) is 0 Å². The molecule has 7 heteroatoms. The van der Waals surface area contributed by atoms with E-state index in [0.29, 0.717) is 17.0 Å². The van der Waals surface area contributed by atoms with Crippen molar-refractivity contribution < 1.29 is 0 Å². The number of fused-ring (bicyclic) bond motifs is 1. The molecule has 1 aromatic carbocycles. The van der Waals surface area contributed by atoms with Gasteiger partial charge in [0.05, 0.1) is 22.9 Å². The van der Waals surface area contributed by atoms with Crippen LogP contribution < -0.4 is 5.73 Å². The van der Waals surface area contributed by atoms with E-state index in [2.05, 4.69) is 21.3 Å². The third-order valence-corrected chi connectivity index (χ3v) is 4.04. The van der Waals surface area contributed by atoms with Crippen LogP contribution in [0.5, 0.6) is 0 Å². The second-order valence-corrected chi connectivity index (χ2v) is 5.57. The summed E-state index contributed by atoms with van der Waals surface area (Å²) in [5.41, 5.74) is 10.5. The summed E-state index contributed by atoms with van der Waals surface area (Å²) in [5, 5.41) is 18.2. The number of hydrogen-bond acceptors (Lipinski definition) is 5. The fraction of sp³-hybridized carbons (Fsp3) is 0.111. The fourth-order valence-corrected chi connectivity index (χ4v) is 2.91. The minimum Gasteiger partial charge on any atom is -0.384 e. The van der Waals surface area contributed by atoms with Gasteiger partial charge < -0.3 is 5.73 Å². The van der Waals surface area contributed by atoms with Crippen LogP contribution in [0, 0.1) is 11.3 Å². The van der Waals surface area contributed by atoms with Crippen molar-refractivity contribution in [3.63, 3.8) is 0 Å². The topological polar surface area (TPSA) is 97.8 Å². The van der Waals surface area contributed by atoms with E-state index in [9.17, 15) is 5.26 Å². The Kier molecular flexibility index (Phi) is 3.43. The Morgan fingerprint density at radius 2 is 2.12 bits per heavy atom. The van der Waals surface area contributed by atoms with Crippen molar-refractivity contribution in [1.82, 2.24) is 24.4 Å². The molecule has 0 aliphatic carbocycles. The number of nitrogens with zero attached hydrogens (tertiary/aromatic N) is 6. The highest BCUT2D eigenvalue weighted by molar-refractivity contribution is 5.89. The number of hydrogen-bond donors (Lipinski definition) is 1. The standard InChI is InChI=1S/C18H15N7/c1-2-24-14(6-8-21-24)16-17(13-5-3-4-12(10-13)11-19)23-25-9-7-15(20)22-18(16)25/h3-10H,2H2,1H3,(H2,20,22). The van der Waals surface area contributed by atoms with Gasteiger partial charge in [0, 0.05) is 24.5 Å². The molecule has 0 spiro atoms. The van der Waals surface area contributed by atoms with Crippen molar-refractivity contribution in [2.24, 2.45) is 0 Å². The van der Waals surface area contributed by atoms with Gasteiger partial charge >= 0.3 is 0 Å². The third-order valence-electron chi connectivity index (χ3n) is 4.04. The van der Waals surface area contributed by atoms with Gasteiger partial charge in [-0.3, -0.25) is 4.68 Å². The van der Waals surface area contributed by atoms with E-state index in [1.165, 1.54) is 0 Å². The molecule has 25 heavy (non-hydrogen) atoms. The van der Waals surface area contributed by atoms with Gasteiger partial charge in [0.2, 0.25) is 0 Å². The molecule has 0 radical (unpaired) electrons. The molecule has 0 saturated carbocycles. The molecule has 0 amide bonds. The summed E-state index contributed by atoms with van der Waals surface area (Å²) in [4.78, 5) is 4.47. The van der Waals surface area contributed by atoms with E-state index in [1.807, 2.05) is 35.9 Å². The van der Waals surface area contributed by atoms with Crippen LogP contribution in [0.25, 0.3) is 28.2 Å². The number of benzene rings is 1. The van der Waals surface area contributed by atoms with Gasteiger partial charge in [0.15, 0.2) is 5.65 Å². The quantitative estimate of drug-likeness (QED) is 0.623. The van der Waals surface area contributed by atoms with E-state index in [4.69, 9.17) is 5.73 Å². The molecule has 0 aliphatic rings. The van der Waals surface area contributed by atoms with Crippen LogP contribution in [0.15, 0.2) is 48.8 Å². The highest BCUT2D eigenvalue weighted by Gasteiger charge is 2.20. The molecule has 4 rings (SSSR count). The summed E-state index contributed by atoms with van der Waals surface area (Å²) >= 11 is 0. The monoisotopic (exact) mass is 329 g/mol. The molecular weight excluding hydrogens is 314 g/mol. The van der Waals surface area contributed by atoms with E-state index >= 15 is 0 Å². The van der Waals surface area contributed by atoms with Crippen molar-refractivity contribution >= 4 is 11.5 Å². The minimum absolute atomic E-state index is 0.425. The van der Waals surface area contributed by atoms with Crippen molar-refractivity contribution in [3.05, 3.63) is 54.4 Å². The number of aromatic nitrogens is 5. The van der Waals surface area contributed by atoms with Crippen LogP contribution in [0.3, 0.4) is 0 Å². The Hall–Kier alpha value is -3.66. The summed E-state index contributed by atoms with van der Waals surface area (Å²) in [6.07, 6.45) is 3.54. The van der Waals surface area contributed by atoms with Crippen LogP contribution in [-0.4, -0.2) is 24.4 Å². The lowest BCUT2D eigenvalue weighted by atomic mass is 10.0. The smallest absolute Gasteiger partial charge is 0.167 e. The van der Waals surface area contributed by atoms with Crippen molar-refractivity contribution in [2.45, 2.75) is 13.5 Å². The Morgan fingerprint density at radius 3 is 2.92 bits per heavy atom. The second kappa shape index (κ2) is 5.76. The summed E-state index contributed by atoms with van der Waals surface area (Å²) in [6, 6.07) is 13.2. The lowest BCUT2D eigenvalue weighted by Crippen LogP contribution is -2.00. The number of aryl methyl sites for hydroxylation is 1. The average molecular weight is 329 g/mol. The number of rotatable bonds is 3. The van der Waals surface area contributed by atoms with Gasteiger partial charge in [-0.15, -0.1) is 0 Å². The molecule has 3 aromatic heterocycles. The lowest BCUT2D eigenvalue weighted by molar-refractivity contribution is 0.667. The number of nitrogen functional groups attached to an aromatic ring is 1. The summed E-state index contributed by atoms with van der Waals surface area (Å²) in [5.74, 6) is 0.425. The molecule has 0 unspecified atom stereocenters. The predicted octanol–water partition coefficient (Wildman–Crippen LogP) is 2.73. The lowest BCUT2D eigenvalue weighted by Gasteiger charge is -2.06. The molecule has 2 N–H and O–H groups in total. The summed E-state index contributed by atoms with van der Waals surface area (Å²) in [6.45, 7) is 2.75. The SMILES string of the molecule is CCn1nccc1-c1c(-c2cccc(C#N)c2)nn2ccc(N)nc12. The van der Waals surface area contributed by atoms with Crippen molar-refractivity contribution in [2.75, 3.05) is 5.73 Å². The molecule has 122 valence electrons. The molecular formula is C18H15N7. The maximum atomic E-state index is 9.20. The van der Waals surface area contributed by atoms with Crippen LogP contribution >= 0.6 is 0 Å². The zero-order chi connectivity index (χ0) is 17.4. The van der Waals surface area contributed by atoms with Crippen LogP contribution in [-0.2, 0) is 6.54 Å². The molecule has 7 nitrogen and oxygen atoms in total. The highest BCUT2D eigenvalue weighted by atomic mass is 15.3. The van der Waals surface area contributed by atoms with Gasteiger partial charge in [-0.1, -0.05) is 12.1 Å². The van der Waals surface area contributed by atoms with Gasteiger partial charge in [-0.2, -0.15) is 15.5 Å². The first-order valence-corrected chi connectivity index (χ1v) is 7.89. The Morgan fingerprint density at radius 1 is 1.24 bits per heavy atom. The molecule has 0 bridgehead atoms. The maximum Gasteiger partial charge on any atom is 0.167 e. The van der Waals surface area contributed by atoms with Gasteiger partial charge in [-0.05, 0) is 31.2 Å². The average Bonchev–Trinajstić information content (AvgIpc) is 3.24. The van der Waals surface area contributed by atoms with Gasteiger partial charge in [-0.25, -0.2) is 9.50 Å². The first kappa shape index (κ1) is 14.9. The van der Waals surface area contributed by atoms with Crippen molar-refractivity contribution in [1.29, 1.82) is 5.26 Å². The normalized spacial score (nSPS) is 10.9. The van der Waals surface area contributed by atoms with E-state index < -0.39 is 0 Å². The fourth-order valence-electron chi connectivity index (χ4n) is 2.91. The molecule has 0 fully saturated rings. The van der Waals surface area contributed by atoms with Crippen LogP contribution in [0.1, 0.15) is 12.5 Å². The Labute approximate surface area is 144 Å². The molecule has 4 aromatic rings. The summed E-state index contributed by atoms with van der Waals surface area (Å²) in [7, 11) is 0. The molecule has 3 heterocycles. The van der Waals surface area contributed by atoms with Crippen molar-refractivity contribution in [3.8, 4) is 28.6 Å². The number of nitriles is 1. The van der Waals surface area contributed by atoms with Gasteiger partial charge in [0.1, 0.15) is 11.5 Å². The zero-order valence-corrected chi connectivity index (χ0v) is 13.6. The molecule has 0 aliphatic heterocycles. The first-order valence-electron chi connectivity index (χ1n) is 7.89. The van der Waals surface area contributed by atoms with E-state index in [1.54, 1.807) is 29.0 Å².